The molecule has 0 saturated heterocycles. The van der Waals surface area contributed by atoms with Crippen molar-refractivity contribution in [1.82, 2.24) is 4.98 Å². The number of hydrogen-bond acceptors (Lipinski definition) is 2. The number of aromatic amines is 1. The van der Waals surface area contributed by atoms with Gasteiger partial charge in [-0.1, -0.05) is 12.1 Å². The van der Waals surface area contributed by atoms with Gasteiger partial charge in [-0.25, -0.2) is 0 Å². The van der Waals surface area contributed by atoms with Gasteiger partial charge in [-0.2, -0.15) is 13.2 Å². The maximum Gasteiger partial charge on any atom is 0.418 e. The lowest BCUT2D eigenvalue weighted by Gasteiger charge is -2.09. The molecular formula is C12H11F3N2O2. The van der Waals surface area contributed by atoms with E-state index in [1.165, 1.54) is 19.1 Å². The van der Waals surface area contributed by atoms with Crippen molar-refractivity contribution in [1.29, 1.82) is 0 Å². The second-order valence-corrected chi connectivity index (χ2v) is 4.21. The SMILES string of the molecule is Cc1[nH]c2c(C(F)(F)F)cccc2c1C(N)C(=O)O. The smallest absolute Gasteiger partial charge is 0.418 e. The first-order valence-corrected chi connectivity index (χ1v) is 5.40. The van der Waals surface area contributed by atoms with E-state index >= 15 is 0 Å². The first kappa shape index (κ1) is 13.4. The van der Waals surface area contributed by atoms with Crippen molar-refractivity contribution in [3.63, 3.8) is 0 Å². The summed E-state index contributed by atoms with van der Waals surface area (Å²) >= 11 is 0. The molecule has 4 N–H and O–H groups in total. The minimum Gasteiger partial charge on any atom is -0.480 e. The normalized spacial score (nSPS) is 13.7. The summed E-state index contributed by atoms with van der Waals surface area (Å²) < 4.78 is 38.6. The predicted molar refractivity (Wildman–Crippen MR) is 62.6 cm³/mol. The second-order valence-electron chi connectivity index (χ2n) is 4.21. The molecule has 2 rings (SSSR count). The Morgan fingerprint density at radius 3 is 2.58 bits per heavy atom. The van der Waals surface area contributed by atoms with Gasteiger partial charge in [-0.15, -0.1) is 0 Å². The van der Waals surface area contributed by atoms with Gasteiger partial charge in [0, 0.05) is 16.6 Å². The van der Waals surface area contributed by atoms with Crippen LogP contribution in [-0.4, -0.2) is 16.1 Å². The van der Waals surface area contributed by atoms with Crippen LogP contribution >= 0.6 is 0 Å². The van der Waals surface area contributed by atoms with E-state index in [2.05, 4.69) is 4.98 Å². The van der Waals surface area contributed by atoms with Gasteiger partial charge >= 0.3 is 12.1 Å². The van der Waals surface area contributed by atoms with E-state index in [1.54, 1.807) is 0 Å². The van der Waals surface area contributed by atoms with E-state index in [4.69, 9.17) is 10.8 Å². The van der Waals surface area contributed by atoms with Crippen molar-refractivity contribution in [3.05, 3.63) is 35.0 Å². The van der Waals surface area contributed by atoms with Crippen LogP contribution in [0.5, 0.6) is 0 Å². The van der Waals surface area contributed by atoms with Gasteiger partial charge < -0.3 is 15.8 Å². The van der Waals surface area contributed by atoms with Gasteiger partial charge in [0.25, 0.3) is 0 Å². The lowest BCUT2D eigenvalue weighted by atomic mass is 10.0. The lowest BCUT2D eigenvalue weighted by Crippen LogP contribution is -2.21. The first-order chi connectivity index (χ1) is 8.73. The summed E-state index contributed by atoms with van der Waals surface area (Å²) in [5, 5.41) is 9.09. The van der Waals surface area contributed by atoms with Crippen LogP contribution in [0.4, 0.5) is 13.2 Å². The molecular weight excluding hydrogens is 261 g/mol. The molecule has 0 fully saturated rings. The largest absolute Gasteiger partial charge is 0.480 e. The zero-order chi connectivity index (χ0) is 14.4. The van der Waals surface area contributed by atoms with Crippen LogP contribution in [0, 0.1) is 6.92 Å². The maximum atomic E-state index is 12.9. The number of para-hydroxylation sites is 1. The number of carboxylic acids is 1. The van der Waals surface area contributed by atoms with E-state index in [0.717, 1.165) is 6.07 Å². The summed E-state index contributed by atoms with van der Waals surface area (Å²) in [7, 11) is 0. The van der Waals surface area contributed by atoms with Gasteiger partial charge in [-0.05, 0) is 13.0 Å². The minimum absolute atomic E-state index is 0.140. The van der Waals surface area contributed by atoms with Gasteiger partial charge in [0.1, 0.15) is 6.04 Å². The quantitative estimate of drug-likeness (QED) is 0.786. The molecule has 2 aromatic rings. The number of fused-ring (bicyclic) bond motifs is 1. The Morgan fingerprint density at radius 2 is 2.05 bits per heavy atom. The number of rotatable bonds is 2. The van der Waals surface area contributed by atoms with Crippen molar-refractivity contribution in [2.24, 2.45) is 5.73 Å². The number of H-pyrrole nitrogens is 1. The van der Waals surface area contributed by atoms with E-state index in [-0.39, 0.29) is 16.5 Å². The number of aryl methyl sites for hydroxylation is 1. The van der Waals surface area contributed by atoms with Gasteiger partial charge in [0.2, 0.25) is 0 Å². The van der Waals surface area contributed by atoms with Crippen LogP contribution in [0.1, 0.15) is 22.9 Å². The molecule has 1 aromatic heterocycles. The van der Waals surface area contributed by atoms with E-state index in [1.807, 2.05) is 0 Å². The highest BCUT2D eigenvalue weighted by Gasteiger charge is 2.34. The number of aliphatic carboxylic acids is 1. The summed E-state index contributed by atoms with van der Waals surface area (Å²) in [6.45, 7) is 1.50. The van der Waals surface area contributed by atoms with Crippen LogP contribution in [0.25, 0.3) is 10.9 Å². The Kier molecular flexibility index (Phi) is 3.01. The fraction of sp³-hybridized carbons (Fsp3) is 0.250. The molecule has 0 aliphatic heterocycles. The highest BCUT2D eigenvalue weighted by molar-refractivity contribution is 5.92. The standard InChI is InChI=1S/C12H11F3N2O2/c1-5-8(9(16)11(18)19)6-3-2-4-7(10(6)17-5)12(13,14)15/h2-4,9,17H,16H2,1H3,(H,18,19). The predicted octanol–water partition coefficient (Wildman–Crippen LogP) is 2.58. The Morgan fingerprint density at radius 1 is 1.42 bits per heavy atom. The molecule has 19 heavy (non-hydrogen) atoms. The Balaban J connectivity index is 2.77. The van der Waals surface area contributed by atoms with Gasteiger partial charge in [-0.3, -0.25) is 4.79 Å². The molecule has 0 spiro atoms. The number of nitrogens with one attached hydrogen (secondary N) is 1. The van der Waals surface area contributed by atoms with Crippen molar-refractivity contribution < 1.29 is 23.1 Å². The third-order valence-corrected chi connectivity index (χ3v) is 2.95. The summed E-state index contributed by atoms with van der Waals surface area (Å²) in [6.07, 6.45) is -4.51. The minimum atomic E-state index is -4.51. The fourth-order valence-electron chi connectivity index (χ4n) is 2.13. The van der Waals surface area contributed by atoms with Crippen molar-refractivity contribution in [2.45, 2.75) is 19.1 Å². The number of carbonyl (C=O) groups is 1. The summed E-state index contributed by atoms with van der Waals surface area (Å²) in [4.78, 5) is 13.5. The summed E-state index contributed by atoms with van der Waals surface area (Å²) in [6, 6.07) is 2.23. The van der Waals surface area contributed by atoms with Crippen LogP contribution in [0.15, 0.2) is 18.2 Å². The monoisotopic (exact) mass is 272 g/mol. The van der Waals surface area contributed by atoms with Crippen LogP contribution in [-0.2, 0) is 11.0 Å². The molecule has 7 heteroatoms. The number of halogens is 3. The number of benzene rings is 1. The molecule has 1 unspecified atom stereocenters. The number of carboxylic acid groups (broad SMARTS) is 1. The number of nitrogens with two attached hydrogens (primary N) is 1. The van der Waals surface area contributed by atoms with E-state index in [0.29, 0.717) is 5.69 Å². The van der Waals surface area contributed by atoms with Gasteiger partial charge in [0.05, 0.1) is 11.1 Å². The van der Waals surface area contributed by atoms with Crippen molar-refractivity contribution >= 4 is 16.9 Å². The first-order valence-electron chi connectivity index (χ1n) is 5.40. The molecule has 0 radical (unpaired) electrons. The number of hydrogen-bond donors (Lipinski definition) is 3. The highest BCUT2D eigenvalue weighted by Crippen LogP contribution is 2.37. The Hall–Kier alpha value is -2.02. The molecule has 1 atom stereocenters. The van der Waals surface area contributed by atoms with Crippen LogP contribution in [0.3, 0.4) is 0 Å². The number of aromatic nitrogens is 1. The second kappa shape index (κ2) is 4.27. The fourth-order valence-corrected chi connectivity index (χ4v) is 2.13. The molecule has 0 bridgehead atoms. The Labute approximate surface area is 106 Å². The molecule has 0 aliphatic rings. The molecule has 0 amide bonds. The Bertz CT molecular complexity index is 646. The van der Waals surface area contributed by atoms with Crippen LogP contribution < -0.4 is 5.73 Å². The topological polar surface area (TPSA) is 79.1 Å². The van der Waals surface area contributed by atoms with Crippen molar-refractivity contribution in [2.75, 3.05) is 0 Å². The summed E-state index contributed by atoms with van der Waals surface area (Å²) in [5.74, 6) is -1.29. The molecule has 0 aliphatic carbocycles. The average molecular weight is 272 g/mol. The molecule has 0 saturated carbocycles. The van der Waals surface area contributed by atoms with Crippen molar-refractivity contribution in [3.8, 4) is 0 Å². The molecule has 1 aromatic carbocycles. The molecule has 4 nitrogen and oxygen atoms in total. The van der Waals surface area contributed by atoms with Gasteiger partial charge in [0.15, 0.2) is 0 Å². The number of alkyl halides is 3. The van der Waals surface area contributed by atoms with E-state index in [9.17, 15) is 18.0 Å². The molecule has 1 heterocycles. The highest BCUT2D eigenvalue weighted by atomic mass is 19.4. The average Bonchev–Trinajstić information content (AvgIpc) is 2.61. The maximum absolute atomic E-state index is 12.9. The zero-order valence-electron chi connectivity index (χ0n) is 9.88. The third-order valence-electron chi connectivity index (χ3n) is 2.95. The zero-order valence-corrected chi connectivity index (χ0v) is 9.88. The third kappa shape index (κ3) is 2.17. The lowest BCUT2D eigenvalue weighted by molar-refractivity contribution is -0.138. The van der Waals surface area contributed by atoms with Crippen LogP contribution in [0.2, 0.25) is 0 Å². The molecule has 102 valence electrons. The summed E-state index contributed by atoms with van der Waals surface area (Å²) in [5.41, 5.74) is 5.03. The van der Waals surface area contributed by atoms with E-state index < -0.39 is 23.8 Å².